The number of amides is 1. The Balaban J connectivity index is 1.74. The minimum absolute atomic E-state index is 0.0271. The number of carbonyl (C=O) groups excluding carboxylic acids is 1. The molecule has 0 saturated carbocycles. The zero-order valence-electron chi connectivity index (χ0n) is 11.8. The molecule has 1 unspecified atom stereocenters. The van der Waals surface area contributed by atoms with E-state index in [9.17, 15) is 9.18 Å². The molecular formula is C15H17FN4O. The Hall–Kier alpha value is -2.24. The van der Waals surface area contributed by atoms with Gasteiger partial charge in [0.15, 0.2) is 5.82 Å². The van der Waals surface area contributed by atoms with Crippen molar-refractivity contribution in [3.05, 3.63) is 47.3 Å². The van der Waals surface area contributed by atoms with Gasteiger partial charge < -0.3 is 4.90 Å². The largest absolute Gasteiger partial charge is 0.333 e. The van der Waals surface area contributed by atoms with Crippen LogP contribution < -0.4 is 0 Å². The van der Waals surface area contributed by atoms with E-state index >= 15 is 0 Å². The van der Waals surface area contributed by atoms with E-state index in [2.05, 4.69) is 15.2 Å². The summed E-state index contributed by atoms with van der Waals surface area (Å²) in [5.74, 6) is 1.20. The van der Waals surface area contributed by atoms with Crippen molar-refractivity contribution in [2.24, 2.45) is 0 Å². The molecular weight excluding hydrogens is 271 g/mol. The summed E-state index contributed by atoms with van der Waals surface area (Å²) >= 11 is 0. The number of nitrogens with one attached hydrogen (secondary N) is 1. The topological polar surface area (TPSA) is 61.9 Å². The van der Waals surface area contributed by atoms with Gasteiger partial charge in [-0.25, -0.2) is 9.37 Å². The van der Waals surface area contributed by atoms with Gasteiger partial charge in [0.2, 0.25) is 5.91 Å². The highest BCUT2D eigenvalue weighted by Crippen LogP contribution is 2.29. The van der Waals surface area contributed by atoms with Crippen LogP contribution in [0.2, 0.25) is 0 Å². The van der Waals surface area contributed by atoms with Gasteiger partial charge in [0, 0.05) is 19.9 Å². The van der Waals surface area contributed by atoms with E-state index < -0.39 is 0 Å². The van der Waals surface area contributed by atoms with E-state index in [1.54, 1.807) is 19.1 Å². The smallest absolute Gasteiger partial charge is 0.220 e. The summed E-state index contributed by atoms with van der Waals surface area (Å²) in [5.41, 5.74) is 0.967. The average Bonchev–Trinajstić information content (AvgIpc) is 3.09. The third-order valence-electron chi connectivity index (χ3n) is 3.79. The van der Waals surface area contributed by atoms with Crippen LogP contribution in [0.25, 0.3) is 0 Å². The molecule has 1 atom stereocenters. The van der Waals surface area contributed by atoms with Gasteiger partial charge in [-0.05, 0) is 30.5 Å². The fourth-order valence-electron chi connectivity index (χ4n) is 2.75. The van der Waals surface area contributed by atoms with Crippen molar-refractivity contribution in [3.63, 3.8) is 0 Å². The summed E-state index contributed by atoms with van der Waals surface area (Å²) in [6, 6.07) is 6.30. The summed E-state index contributed by atoms with van der Waals surface area (Å²) in [7, 11) is 0. The van der Waals surface area contributed by atoms with Gasteiger partial charge in [0.1, 0.15) is 11.6 Å². The minimum Gasteiger partial charge on any atom is -0.333 e. The maximum absolute atomic E-state index is 12.9. The monoisotopic (exact) mass is 288 g/mol. The Bertz CT molecular complexity index is 637. The van der Waals surface area contributed by atoms with Crippen LogP contribution in [0.3, 0.4) is 0 Å². The van der Waals surface area contributed by atoms with Crippen LogP contribution in [-0.2, 0) is 11.2 Å². The third-order valence-corrected chi connectivity index (χ3v) is 3.79. The molecule has 1 aromatic heterocycles. The maximum atomic E-state index is 12.9. The lowest BCUT2D eigenvalue weighted by atomic mass is 10.1. The maximum Gasteiger partial charge on any atom is 0.220 e. The van der Waals surface area contributed by atoms with Crippen molar-refractivity contribution in [2.75, 3.05) is 6.54 Å². The van der Waals surface area contributed by atoms with E-state index in [1.807, 2.05) is 4.90 Å². The number of likely N-dealkylation sites (tertiary alicyclic amines) is 1. The zero-order valence-corrected chi connectivity index (χ0v) is 11.8. The first-order valence-electron chi connectivity index (χ1n) is 7.06. The van der Waals surface area contributed by atoms with Gasteiger partial charge in [-0.1, -0.05) is 12.1 Å². The summed E-state index contributed by atoms with van der Waals surface area (Å²) in [5, 5.41) is 7.15. The fraction of sp³-hybridized carbons (Fsp3) is 0.400. The molecule has 5 nitrogen and oxygen atoms in total. The van der Waals surface area contributed by atoms with Gasteiger partial charge in [-0.3, -0.25) is 9.89 Å². The van der Waals surface area contributed by atoms with Crippen LogP contribution in [0.1, 0.15) is 43.0 Å². The van der Waals surface area contributed by atoms with E-state index in [1.165, 1.54) is 12.1 Å². The number of aromatic amines is 1. The molecule has 2 heterocycles. The number of hydrogen-bond donors (Lipinski definition) is 1. The normalized spacial score (nSPS) is 18.2. The van der Waals surface area contributed by atoms with Gasteiger partial charge in [0.05, 0.1) is 6.04 Å². The molecule has 1 fully saturated rings. The number of rotatable bonds is 3. The number of benzene rings is 1. The SMILES string of the molecule is CC(=O)N1CCCC1c1n[nH]c(Cc2ccc(F)cc2)n1. The van der Waals surface area contributed by atoms with Crippen molar-refractivity contribution < 1.29 is 9.18 Å². The molecule has 2 aromatic rings. The predicted molar refractivity (Wildman–Crippen MR) is 75.0 cm³/mol. The van der Waals surface area contributed by atoms with Crippen molar-refractivity contribution in [1.82, 2.24) is 20.1 Å². The second-order valence-electron chi connectivity index (χ2n) is 5.31. The molecule has 1 aliphatic rings. The molecule has 21 heavy (non-hydrogen) atoms. The number of aromatic nitrogens is 3. The third kappa shape index (κ3) is 2.94. The number of hydrogen-bond acceptors (Lipinski definition) is 3. The summed E-state index contributed by atoms with van der Waals surface area (Å²) < 4.78 is 12.9. The Kier molecular flexibility index (Phi) is 3.68. The number of H-pyrrole nitrogens is 1. The predicted octanol–water partition coefficient (Wildman–Crippen LogP) is 2.22. The standard InChI is InChI=1S/C15H17FN4O/c1-10(21)20-8-2-3-13(20)15-17-14(18-19-15)9-11-4-6-12(16)7-5-11/h4-7,13H,2-3,8-9H2,1H3,(H,17,18,19). The van der Waals surface area contributed by atoms with Crippen LogP contribution in [0.4, 0.5) is 4.39 Å². The minimum atomic E-state index is -0.250. The average molecular weight is 288 g/mol. The molecule has 1 amide bonds. The van der Waals surface area contributed by atoms with E-state index in [4.69, 9.17) is 0 Å². The molecule has 1 N–H and O–H groups in total. The van der Waals surface area contributed by atoms with Crippen molar-refractivity contribution >= 4 is 5.91 Å². The molecule has 110 valence electrons. The van der Waals surface area contributed by atoms with E-state index in [-0.39, 0.29) is 17.8 Å². The van der Waals surface area contributed by atoms with Crippen LogP contribution in [0.15, 0.2) is 24.3 Å². The molecule has 1 saturated heterocycles. The Morgan fingerprint density at radius 3 is 2.90 bits per heavy atom. The Morgan fingerprint density at radius 2 is 2.19 bits per heavy atom. The first kappa shape index (κ1) is 13.7. The van der Waals surface area contributed by atoms with Crippen molar-refractivity contribution in [1.29, 1.82) is 0 Å². The molecule has 0 bridgehead atoms. The Morgan fingerprint density at radius 1 is 1.43 bits per heavy atom. The van der Waals surface area contributed by atoms with E-state index in [0.717, 1.165) is 30.8 Å². The number of nitrogens with zero attached hydrogens (tertiary/aromatic N) is 3. The van der Waals surface area contributed by atoms with Crippen molar-refractivity contribution in [3.8, 4) is 0 Å². The van der Waals surface area contributed by atoms with Crippen LogP contribution >= 0.6 is 0 Å². The van der Waals surface area contributed by atoms with Gasteiger partial charge in [-0.2, -0.15) is 5.10 Å². The lowest BCUT2D eigenvalue weighted by molar-refractivity contribution is -0.129. The van der Waals surface area contributed by atoms with Crippen molar-refractivity contribution in [2.45, 2.75) is 32.2 Å². The fourth-order valence-corrected chi connectivity index (χ4v) is 2.75. The Labute approximate surface area is 122 Å². The highest BCUT2D eigenvalue weighted by atomic mass is 19.1. The molecule has 1 aliphatic heterocycles. The number of carbonyl (C=O) groups is 1. The number of halogens is 1. The lowest BCUT2D eigenvalue weighted by Crippen LogP contribution is -2.28. The highest BCUT2D eigenvalue weighted by molar-refractivity contribution is 5.74. The molecule has 3 rings (SSSR count). The molecule has 0 aliphatic carbocycles. The molecule has 0 radical (unpaired) electrons. The first-order chi connectivity index (χ1) is 10.1. The summed E-state index contributed by atoms with van der Waals surface area (Å²) in [4.78, 5) is 17.9. The second kappa shape index (κ2) is 5.63. The molecule has 1 aromatic carbocycles. The lowest BCUT2D eigenvalue weighted by Gasteiger charge is -2.20. The van der Waals surface area contributed by atoms with Gasteiger partial charge in [-0.15, -0.1) is 0 Å². The van der Waals surface area contributed by atoms with Crippen LogP contribution in [0.5, 0.6) is 0 Å². The molecule has 0 spiro atoms. The molecule has 6 heteroatoms. The van der Waals surface area contributed by atoms with Gasteiger partial charge >= 0.3 is 0 Å². The second-order valence-corrected chi connectivity index (χ2v) is 5.31. The summed E-state index contributed by atoms with van der Waals surface area (Å²) in [6.07, 6.45) is 2.44. The highest BCUT2D eigenvalue weighted by Gasteiger charge is 2.30. The van der Waals surface area contributed by atoms with Crippen LogP contribution in [0, 0.1) is 5.82 Å². The van der Waals surface area contributed by atoms with Gasteiger partial charge in [0.25, 0.3) is 0 Å². The first-order valence-corrected chi connectivity index (χ1v) is 7.06. The summed E-state index contributed by atoms with van der Waals surface area (Å²) in [6.45, 7) is 2.34. The quantitative estimate of drug-likeness (QED) is 0.942. The van der Waals surface area contributed by atoms with E-state index in [0.29, 0.717) is 12.2 Å². The zero-order chi connectivity index (χ0) is 14.8. The van der Waals surface area contributed by atoms with Crippen LogP contribution in [-0.4, -0.2) is 32.5 Å².